The van der Waals surface area contributed by atoms with Gasteiger partial charge < -0.3 is 5.73 Å². The van der Waals surface area contributed by atoms with Crippen LogP contribution in [0.2, 0.25) is 0 Å². The predicted octanol–water partition coefficient (Wildman–Crippen LogP) is 1.54. The minimum Gasteiger partial charge on any atom is -0.383 e. The Morgan fingerprint density at radius 1 is 1.17 bits per heavy atom. The fourth-order valence-corrected chi connectivity index (χ4v) is 2.10. The molecule has 0 atom stereocenters. The molecule has 0 amide bonds. The molecule has 0 saturated carbocycles. The molecule has 5 nitrogen and oxygen atoms in total. The molecule has 90 valence electrons. The van der Waals surface area contributed by atoms with Gasteiger partial charge in [0.1, 0.15) is 12.1 Å². The van der Waals surface area contributed by atoms with Crippen molar-refractivity contribution in [3.8, 4) is 0 Å². The van der Waals surface area contributed by atoms with Crippen molar-refractivity contribution in [2.75, 3.05) is 5.73 Å². The highest BCUT2D eigenvalue weighted by molar-refractivity contribution is 5.88. The molecule has 0 spiro atoms. The molecule has 1 aromatic carbocycles. The largest absolute Gasteiger partial charge is 0.383 e. The maximum Gasteiger partial charge on any atom is 0.163 e. The SMILES string of the molecule is Cn1nc(Cc2ccccc2)c2c(N)ncnc21. The molecular formula is C13H13N5. The molecule has 0 aliphatic heterocycles. The Balaban J connectivity index is 2.13. The molecule has 0 bridgehead atoms. The first-order valence-electron chi connectivity index (χ1n) is 5.71. The van der Waals surface area contributed by atoms with E-state index in [2.05, 4.69) is 27.2 Å². The van der Waals surface area contributed by atoms with Crippen molar-refractivity contribution in [3.05, 3.63) is 47.9 Å². The van der Waals surface area contributed by atoms with E-state index >= 15 is 0 Å². The molecule has 3 rings (SSSR count). The highest BCUT2D eigenvalue weighted by Gasteiger charge is 2.13. The average molecular weight is 239 g/mol. The monoisotopic (exact) mass is 239 g/mol. The van der Waals surface area contributed by atoms with E-state index in [1.807, 2.05) is 25.2 Å². The lowest BCUT2D eigenvalue weighted by Gasteiger charge is -1.99. The zero-order valence-corrected chi connectivity index (χ0v) is 10.0. The number of benzene rings is 1. The molecule has 0 unspecified atom stereocenters. The van der Waals surface area contributed by atoms with Gasteiger partial charge in [-0.25, -0.2) is 9.97 Å². The van der Waals surface area contributed by atoms with E-state index in [9.17, 15) is 0 Å². The van der Waals surface area contributed by atoms with Crippen LogP contribution < -0.4 is 5.73 Å². The number of anilines is 1. The standard InChI is InChI=1S/C13H13N5/c1-18-13-11(12(14)15-8-16-13)10(17-18)7-9-5-3-2-4-6-9/h2-6,8H,7H2,1H3,(H2,14,15,16). The lowest BCUT2D eigenvalue weighted by Crippen LogP contribution is -1.95. The van der Waals surface area contributed by atoms with Crippen molar-refractivity contribution < 1.29 is 0 Å². The molecule has 2 heterocycles. The maximum atomic E-state index is 5.92. The average Bonchev–Trinajstić information content (AvgIpc) is 2.69. The van der Waals surface area contributed by atoms with Gasteiger partial charge in [-0.15, -0.1) is 0 Å². The van der Waals surface area contributed by atoms with Crippen LogP contribution in [0.3, 0.4) is 0 Å². The quantitative estimate of drug-likeness (QED) is 0.736. The summed E-state index contributed by atoms with van der Waals surface area (Å²) in [6.45, 7) is 0. The van der Waals surface area contributed by atoms with E-state index in [1.165, 1.54) is 11.9 Å². The van der Waals surface area contributed by atoms with E-state index in [0.29, 0.717) is 5.82 Å². The van der Waals surface area contributed by atoms with Gasteiger partial charge in [0, 0.05) is 13.5 Å². The topological polar surface area (TPSA) is 69.6 Å². The van der Waals surface area contributed by atoms with E-state index in [-0.39, 0.29) is 0 Å². The van der Waals surface area contributed by atoms with Crippen molar-refractivity contribution >= 4 is 16.9 Å². The first-order chi connectivity index (χ1) is 8.75. The first kappa shape index (κ1) is 10.7. The second-order valence-electron chi connectivity index (χ2n) is 4.19. The third-order valence-electron chi connectivity index (χ3n) is 2.94. The summed E-state index contributed by atoms with van der Waals surface area (Å²) in [5, 5.41) is 5.33. The summed E-state index contributed by atoms with van der Waals surface area (Å²) in [4.78, 5) is 8.25. The van der Waals surface area contributed by atoms with Gasteiger partial charge >= 0.3 is 0 Å². The molecular weight excluding hydrogens is 226 g/mol. The van der Waals surface area contributed by atoms with Crippen LogP contribution in [0, 0.1) is 0 Å². The summed E-state index contributed by atoms with van der Waals surface area (Å²) in [6, 6.07) is 10.2. The smallest absolute Gasteiger partial charge is 0.163 e. The lowest BCUT2D eigenvalue weighted by molar-refractivity contribution is 0.765. The van der Waals surface area contributed by atoms with Gasteiger partial charge in [-0.3, -0.25) is 4.68 Å². The Morgan fingerprint density at radius 2 is 1.94 bits per heavy atom. The van der Waals surface area contributed by atoms with Gasteiger partial charge in [-0.2, -0.15) is 5.10 Å². The minimum absolute atomic E-state index is 0.485. The number of hydrogen-bond acceptors (Lipinski definition) is 4. The first-order valence-corrected chi connectivity index (χ1v) is 5.71. The third kappa shape index (κ3) is 1.69. The van der Waals surface area contributed by atoms with E-state index in [0.717, 1.165) is 23.1 Å². The molecule has 3 aromatic rings. The van der Waals surface area contributed by atoms with E-state index < -0.39 is 0 Å². The summed E-state index contributed by atoms with van der Waals surface area (Å²) < 4.78 is 1.74. The summed E-state index contributed by atoms with van der Waals surface area (Å²) in [5.41, 5.74) is 8.80. The molecule has 2 aromatic heterocycles. The van der Waals surface area contributed by atoms with Gasteiger partial charge in [0.25, 0.3) is 0 Å². The minimum atomic E-state index is 0.485. The predicted molar refractivity (Wildman–Crippen MR) is 70.0 cm³/mol. The molecule has 5 heteroatoms. The van der Waals surface area contributed by atoms with Gasteiger partial charge in [0.15, 0.2) is 5.65 Å². The zero-order valence-electron chi connectivity index (χ0n) is 10.0. The normalized spacial score (nSPS) is 10.9. The van der Waals surface area contributed by atoms with Crippen LogP contribution in [-0.2, 0) is 13.5 Å². The zero-order chi connectivity index (χ0) is 12.5. The number of aromatic nitrogens is 4. The number of hydrogen-bond donors (Lipinski definition) is 1. The summed E-state index contributed by atoms with van der Waals surface area (Å²) in [6.07, 6.45) is 2.20. The summed E-state index contributed by atoms with van der Waals surface area (Å²) in [7, 11) is 1.86. The van der Waals surface area contributed by atoms with Crippen LogP contribution in [0.4, 0.5) is 5.82 Å². The highest BCUT2D eigenvalue weighted by Crippen LogP contribution is 2.22. The number of aryl methyl sites for hydroxylation is 1. The second-order valence-corrected chi connectivity index (χ2v) is 4.19. The third-order valence-corrected chi connectivity index (χ3v) is 2.94. The number of rotatable bonds is 2. The Bertz CT molecular complexity index is 687. The van der Waals surface area contributed by atoms with Crippen LogP contribution in [0.25, 0.3) is 11.0 Å². The van der Waals surface area contributed by atoms with Gasteiger partial charge in [-0.1, -0.05) is 30.3 Å². The molecule has 18 heavy (non-hydrogen) atoms. The number of fused-ring (bicyclic) bond motifs is 1. The number of nitrogens with zero attached hydrogens (tertiary/aromatic N) is 4. The van der Waals surface area contributed by atoms with Gasteiger partial charge in [0.05, 0.1) is 11.1 Å². The fourth-order valence-electron chi connectivity index (χ4n) is 2.10. The van der Waals surface area contributed by atoms with E-state index in [1.54, 1.807) is 4.68 Å². The fraction of sp³-hybridized carbons (Fsp3) is 0.154. The highest BCUT2D eigenvalue weighted by atomic mass is 15.3. The Kier molecular flexibility index (Phi) is 2.44. The van der Waals surface area contributed by atoms with Crippen LogP contribution in [0.1, 0.15) is 11.3 Å². The molecule has 0 radical (unpaired) electrons. The van der Waals surface area contributed by atoms with Crippen molar-refractivity contribution in [1.82, 2.24) is 19.7 Å². The van der Waals surface area contributed by atoms with Crippen LogP contribution in [0.15, 0.2) is 36.7 Å². The van der Waals surface area contributed by atoms with Crippen molar-refractivity contribution in [2.24, 2.45) is 7.05 Å². The number of nitrogen functional groups attached to an aromatic ring is 1. The van der Waals surface area contributed by atoms with Gasteiger partial charge in [0.2, 0.25) is 0 Å². The van der Waals surface area contributed by atoms with E-state index in [4.69, 9.17) is 5.73 Å². The Labute approximate surface area is 104 Å². The molecule has 0 aliphatic carbocycles. The van der Waals surface area contributed by atoms with Crippen molar-refractivity contribution in [1.29, 1.82) is 0 Å². The summed E-state index contributed by atoms with van der Waals surface area (Å²) >= 11 is 0. The Hall–Kier alpha value is -2.43. The van der Waals surface area contributed by atoms with Crippen molar-refractivity contribution in [2.45, 2.75) is 6.42 Å². The van der Waals surface area contributed by atoms with Crippen molar-refractivity contribution in [3.63, 3.8) is 0 Å². The molecule has 0 fully saturated rings. The molecule has 2 N–H and O–H groups in total. The van der Waals surface area contributed by atoms with Crippen LogP contribution in [-0.4, -0.2) is 19.7 Å². The Morgan fingerprint density at radius 3 is 2.72 bits per heavy atom. The number of nitrogens with two attached hydrogens (primary N) is 1. The maximum absolute atomic E-state index is 5.92. The van der Waals surface area contributed by atoms with Crippen LogP contribution in [0.5, 0.6) is 0 Å². The molecule has 0 saturated heterocycles. The summed E-state index contributed by atoms with van der Waals surface area (Å²) in [5.74, 6) is 0.485. The lowest BCUT2D eigenvalue weighted by atomic mass is 10.1. The molecule has 0 aliphatic rings. The second kappa shape index (κ2) is 4.10. The van der Waals surface area contributed by atoms with Crippen LogP contribution >= 0.6 is 0 Å². The van der Waals surface area contributed by atoms with Gasteiger partial charge in [-0.05, 0) is 5.56 Å².